The van der Waals surface area contributed by atoms with Crippen LogP contribution in [0.3, 0.4) is 0 Å². The minimum absolute atomic E-state index is 0.178. The number of nitrogens with one attached hydrogen (secondary N) is 1. The van der Waals surface area contributed by atoms with Crippen LogP contribution in [-0.4, -0.2) is 40.8 Å². The molecule has 0 aromatic heterocycles. The van der Waals surface area contributed by atoms with Crippen molar-refractivity contribution in [1.82, 2.24) is 10.2 Å². The standard InChI is InChI=1S/C15H17ClN2O3S/c1-15(2,10-5-3-4-6-11(10)16)13(20)17-7-8-18-12(19)9-22-14(18)21/h3-6H,7-9H2,1-2H3,(H,17,20). The number of thioether (sulfide) groups is 1. The van der Waals surface area contributed by atoms with Crippen LogP contribution in [0.1, 0.15) is 19.4 Å². The molecule has 1 fully saturated rings. The average molecular weight is 341 g/mol. The Morgan fingerprint density at radius 1 is 1.36 bits per heavy atom. The summed E-state index contributed by atoms with van der Waals surface area (Å²) in [4.78, 5) is 36.5. The molecule has 7 heteroatoms. The Morgan fingerprint density at radius 2 is 2.05 bits per heavy atom. The maximum atomic E-state index is 12.4. The predicted molar refractivity (Wildman–Crippen MR) is 87.1 cm³/mol. The van der Waals surface area contributed by atoms with E-state index < -0.39 is 5.41 Å². The summed E-state index contributed by atoms with van der Waals surface area (Å²) in [5, 5.41) is 3.04. The summed E-state index contributed by atoms with van der Waals surface area (Å²) in [5.41, 5.74) is -0.0652. The summed E-state index contributed by atoms with van der Waals surface area (Å²) in [6, 6.07) is 7.19. The van der Waals surface area contributed by atoms with Gasteiger partial charge in [0.2, 0.25) is 11.8 Å². The quantitative estimate of drug-likeness (QED) is 0.894. The fourth-order valence-electron chi connectivity index (χ4n) is 2.19. The zero-order chi connectivity index (χ0) is 16.3. The van der Waals surface area contributed by atoms with E-state index in [1.807, 2.05) is 18.2 Å². The van der Waals surface area contributed by atoms with Gasteiger partial charge in [0.05, 0.1) is 11.2 Å². The molecule has 0 unspecified atom stereocenters. The Hall–Kier alpha value is -1.53. The highest BCUT2D eigenvalue weighted by molar-refractivity contribution is 8.14. The lowest BCUT2D eigenvalue weighted by Gasteiger charge is -2.25. The molecule has 0 atom stereocenters. The molecule has 1 aromatic rings. The van der Waals surface area contributed by atoms with E-state index >= 15 is 0 Å². The first-order chi connectivity index (χ1) is 10.3. The molecular weight excluding hydrogens is 324 g/mol. The zero-order valence-electron chi connectivity index (χ0n) is 12.4. The number of benzene rings is 1. The Morgan fingerprint density at radius 3 is 2.64 bits per heavy atom. The molecule has 2 rings (SSSR count). The summed E-state index contributed by atoms with van der Waals surface area (Å²) in [6.07, 6.45) is 0. The summed E-state index contributed by atoms with van der Waals surface area (Å²) in [6.45, 7) is 3.98. The third kappa shape index (κ3) is 3.44. The van der Waals surface area contributed by atoms with Gasteiger partial charge in [0, 0.05) is 18.1 Å². The Kier molecular flexibility index (Phi) is 5.13. The van der Waals surface area contributed by atoms with E-state index in [2.05, 4.69) is 5.32 Å². The monoisotopic (exact) mass is 340 g/mol. The topological polar surface area (TPSA) is 66.5 Å². The van der Waals surface area contributed by atoms with Crippen LogP contribution >= 0.6 is 23.4 Å². The molecule has 1 aromatic carbocycles. The highest BCUT2D eigenvalue weighted by Crippen LogP contribution is 2.29. The summed E-state index contributed by atoms with van der Waals surface area (Å²) in [5.74, 6) is -0.236. The molecule has 118 valence electrons. The van der Waals surface area contributed by atoms with Crippen LogP contribution in [0, 0.1) is 0 Å². The molecule has 3 amide bonds. The van der Waals surface area contributed by atoms with Gasteiger partial charge < -0.3 is 5.32 Å². The van der Waals surface area contributed by atoms with E-state index in [1.165, 1.54) is 0 Å². The number of carbonyl (C=O) groups is 3. The minimum Gasteiger partial charge on any atom is -0.354 e. The first-order valence-corrected chi connectivity index (χ1v) is 8.21. The molecule has 1 N–H and O–H groups in total. The third-order valence-corrected chi connectivity index (χ3v) is 4.76. The van der Waals surface area contributed by atoms with Crippen LogP contribution in [-0.2, 0) is 15.0 Å². The van der Waals surface area contributed by atoms with Crippen LogP contribution < -0.4 is 5.32 Å². The Labute approximate surface area is 138 Å². The van der Waals surface area contributed by atoms with Gasteiger partial charge in [-0.05, 0) is 25.5 Å². The summed E-state index contributed by atoms with van der Waals surface area (Å²) in [7, 11) is 0. The Bertz CT molecular complexity index is 603. The molecule has 0 aliphatic carbocycles. The van der Waals surface area contributed by atoms with Gasteiger partial charge in [-0.2, -0.15) is 0 Å². The lowest BCUT2D eigenvalue weighted by atomic mass is 9.83. The van der Waals surface area contributed by atoms with Gasteiger partial charge in [0.1, 0.15) is 0 Å². The van der Waals surface area contributed by atoms with Gasteiger partial charge in [-0.3, -0.25) is 19.3 Å². The van der Waals surface area contributed by atoms with Crippen molar-refractivity contribution >= 4 is 40.4 Å². The number of nitrogens with zero attached hydrogens (tertiary/aromatic N) is 1. The predicted octanol–water partition coefficient (Wildman–Crippen LogP) is 2.43. The van der Waals surface area contributed by atoms with Gasteiger partial charge in [-0.1, -0.05) is 41.6 Å². The highest BCUT2D eigenvalue weighted by Gasteiger charge is 2.33. The fraction of sp³-hybridized carbons (Fsp3) is 0.400. The Balaban J connectivity index is 1.96. The number of hydrogen-bond donors (Lipinski definition) is 1. The van der Waals surface area contributed by atoms with E-state index in [1.54, 1.807) is 19.9 Å². The van der Waals surface area contributed by atoms with E-state index in [-0.39, 0.29) is 35.9 Å². The number of imide groups is 1. The van der Waals surface area contributed by atoms with Crippen molar-refractivity contribution in [2.24, 2.45) is 0 Å². The molecule has 22 heavy (non-hydrogen) atoms. The molecule has 0 bridgehead atoms. The van der Waals surface area contributed by atoms with Crippen LogP contribution in [0.4, 0.5) is 4.79 Å². The van der Waals surface area contributed by atoms with Gasteiger partial charge in [-0.15, -0.1) is 0 Å². The third-order valence-electron chi connectivity index (χ3n) is 3.58. The molecule has 1 heterocycles. The SMILES string of the molecule is CC(C)(C(=O)NCCN1C(=O)CSC1=O)c1ccccc1Cl. The summed E-state index contributed by atoms with van der Waals surface area (Å²) >= 11 is 7.13. The number of halogens is 1. The van der Waals surface area contributed by atoms with Crippen molar-refractivity contribution < 1.29 is 14.4 Å². The second-order valence-electron chi connectivity index (χ2n) is 5.46. The zero-order valence-corrected chi connectivity index (χ0v) is 14.0. The molecular formula is C15H17ClN2O3S. The largest absolute Gasteiger partial charge is 0.354 e. The van der Waals surface area contributed by atoms with Gasteiger partial charge in [0.15, 0.2) is 0 Å². The number of rotatable bonds is 5. The fourth-order valence-corrected chi connectivity index (χ4v) is 3.31. The van der Waals surface area contributed by atoms with E-state index in [0.717, 1.165) is 22.2 Å². The molecule has 0 spiro atoms. The number of carbonyl (C=O) groups excluding carboxylic acids is 3. The highest BCUT2D eigenvalue weighted by atomic mass is 35.5. The molecule has 0 saturated carbocycles. The second-order valence-corrected chi connectivity index (χ2v) is 6.79. The lowest BCUT2D eigenvalue weighted by Crippen LogP contribution is -2.44. The molecule has 1 aliphatic rings. The molecule has 1 aliphatic heterocycles. The maximum absolute atomic E-state index is 12.4. The van der Waals surface area contributed by atoms with E-state index in [4.69, 9.17) is 11.6 Å². The van der Waals surface area contributed by atoms with Crippen molar-refractivity contribution in [3.05, 3.63) is 34.9 Å². The average Bonchev–Trinajstić information content (AvgIpc) is 2.79. The van der Waals surface area contributed by atoms with Crippen molar-refractivity contribution in [2.45, 2.75) is 19.3 Å². The van der Waals surface area contributed by atoms with Gasteiger partial charge >= 0.3 is 0 Å². The first-order valence-electron chi connectivity index (χ1n) is 6.84. The molecule has 5 nitrogen and oxygen atoms in total. The van der Waals surface area contributed by atoms with E-state index in [0.29, 0.717) is 5.02 Å². The normalized spacial score (nSPS) is 15.3. The van der Waals surface area contributed by atoms with Crippen molar-refractivity contribution in [2.75, 3.05) is 18.8 Å². The van der Waals surface area contributed by atoms with Crippen LogP contribution in [0.15, 0.2) is 24.3 Å². The van der Waals surface area contributed by atoms with Crippen LogP contribution in [0.25, 0.3) is 0 Å². The van der Waals surface area contributed by atoms with Crippen molar-refractivity contribution in [3.8, 4) is 0 Å². The maximum Gasteiger partial charge on any atom is 0.288 e. The van der Waals surface area contributed by atoms with Crippen LogP contribution in [0.2, 0.25) is 5.02 Å². The summed E-state index contributed by atoms with van der Waals surface area (Å²) < 4.78 is 0. The second kappa shape index (κ2) is 6.71. The molecule has 0 radical (unpaired) electrons. The smallest absolute Gasteiger partial charge is 0.288 e. The number of hydrogen-bond acceptors (Lipinski definition) is 4. The lowest BCUT2D eigenvalue weighted by molar-refractivity contribution is -0.127. The van der Waals surface area contributed by atoms with Crippen molar-refractivity contribution in [3.63, 3.8) is 0 Å². The van der Waals surface area contributed by atoms with Gasteiger partial charge in [-0.25, -0.2) is 0 Å². The van der Waals surface area contributed by atoms with Gasteiger partial charge in [0.25, 0.3) is 5.24 Å². The first kappa shape index (κ1) is 16.8. The molecule has 1 saturated heterocycles. The van der Waals surface area contributed by atoms with Crippen molar-refractivity contribution in [1.29, 1.82) is 0 Å². The van der Waals surface area contributed by atoms with E-state index in [9.17, 15) is 14.4 Å². The van der Waals surface area contributed by atoms with Crippen LogP contribution in [0.5, 0.6) is 0 Å². The minimum atomic E-state index is -0.799. The number of amides is 3.